The molecular weight excluding hydrogens is 264 g/mol. The van der Waals surface area contributed by atoms with Crippen LogP contribution < -0.4 is 16.4 Å². The number of ether oxygens (including phenoxy) is 1. The van der Waals surface area contributed by atoms with Crippen LogP contribution in [0.15, 0.2) is 0 Å². The summed E-state index contributed by atoms with van der Waals surface area (Å²) in [6, 6.07) is 0.207. The quantitative estimate of drug-likeness (QED) is 0.657. The third-order valence-electron chi connectivity index (χ3n) is 3.13. The fourth-order valence-corrected chi connectivity index (χ4v) is 2.63. The predicted octanol–water partition coefficient (Wildman–Crippen LogP) is 1.31. The van der Waals surface area contributed by atoms with Gasteiger partial charge < -0.3 is 21.1 Å². The minimum absolute atomic E-state index is 0.130. The van der Waals surface area contributed by atoms with Crippen molar-refractivity contribution in [3.63, 3.8) is 0 Å². The molecule has 0 aromatic carbocycles. The molecule has 1 aliphatic carbocycles. The maximum Gasteiger partial charge on any atom is 0.265 e. The van der Waals surface area contributed by atoms with Gasteiger partial charge in [0.1, 0.15) is 10.7 Å². The summed E-state index contributed by atoms with van der Waals surface area (Å²) in [5.74, 6) is 0.775. The highest BCUT2D eigenvalue weighted by Gasteiger charge is 2.30. The number of nitrogens with two attached hydrogens (primary N) is 1. The molecule has 0 aliphatic heterocycles. The zero-order chi connectivity index (χ0) is 13.8. The van der Waals surface area contributed by atoms with Gasteiger partial charge in [-0.05, 0) is 25.7 Å². The summed E-state index contributed by atoms with van der Waals surface area (Å²) in [5.41, 5.74) is 5.78. The van der Waals surface area contributed by atoms with E-state index in [1.807, 2.05) is 6.92 Å². The number of nitrogens with zero attached hydrogens (tertiary/aromatic N) is 1. The second-order valence-electron chi connectivity index (χ2n) is 4.75. The summed E-state index contributed by atoms with van der Waals surface area (Å²) in [6.45, 7) is 3.26. The smallest absolute Gasteiger partial charge is 0.265 e. The first-order valence-electron chi connectivity index (χ1n) is 6.41. The minimum Gasteiger partial charge on any atom is -0.383 e. The van der Waals surface area contributed by atoms with Crippen LogP contribution in [0.25, 0.3) is 0 Å². The maximum atomic E-state index is 12.1. The van der Waals surface area contributed by atoms with E-state index in [0.29, 0.717) is 29.1 Å². The molecule has 1 unspecified atom stereocenters. The monoisotopic (exact) mass is 284 g/mol. The second-order valence-corrected chi connectivity index (χ2v) is 5.75. The molecule has 19 heavy (non-hydrogen) atoms. The van der Waals surface area contributed by atoms with Crippen LogP contribution in [0.3, 0.4) is 0 Å². The van der Waals surface area contributed by atoms with E-state index < -0.39 is 0 Å². The van der Waals surface area contributed by atoms with Crippen LogP contribution in [0.2, 0.25) is 0 Å². The van der Waals surface area contributed by atoms with E-state index in [4.69, 9.17) is 10.5 Å². The lowest BCUT2D eigenvalue weighted by molar-refractivity contribution is 0.0940. The molecule has 0 radical (unpaired) electrons. The van der Waals surface area contributed by atoms with Gasteiger partial charge in [0.25, 0.3) is 5.91 Å². The van der Waals surface area contributed by atoms with E-state index in [2.05, 4.69) is 15.6 Å². The Labute approximate surface area is 116 Å². The number of aromatic nitrogens is 1. The SMILES string of the molecule is COCCNc1nc(N)c(C(=O)NC(C)C2CC2)s1. The molecule has 1 amide bonds. The van der Waals surface area contributed by atoms with Crippen LogP contribution in [0.1, 0.15) is 29.4 Å². The molecule has 0 bridgehead atoms. The van der Waals surface area contributed by atoms with E-state index in [0.717, 1.165) is 0 Å². The van der Waals surface area contributed by atoms with Gasteiger partial charge in [0, 0.05) is 19.7 Å². The summed E-state index contributed by atoms with van der Waals surface area (Å²) in [5, 5.41) is 6.70. The van der Waals surface area contributed by atoms with Crippen molar-refractivity contribution in [1.82, 2.24) is 10.3 Å². The van der Waals surface area contributed by atoms with Crippen LogP contribution in [0.5, 0.6) is 0 Å². The van der Waals surface area contributed by atoms with Gasteiger partial charge in [-0.3, -0.25) is 4.79 Å². The Balaban J connectivity index is 1.92. The highest BCUT2D eigenvalue weighted by atomic mass is 32.1. The number of nitrogens with one attached hydrogen (secondary N) is 2. The average molecular weight is 284 g/mol. The zero-order valence-electron chi connectivity index (χ0n) is 11.2. The van der Waals surface area contributed by atoms with Gasteiger partial charge in [0.15, 0.2) is 5.13 Å². The Kier molecular flexibility index (Phi) is 4.60. The molecule has 1 aromatic heterocycles. The van der Waals surface area contributed by atoms with Crippen LogP contribution in [0.4, 0.5) is 10.9 Å². The highest BCUT2D eigenvalue weighted by molar-refractivity contribution is 7.18. The molecule has 0 saturated heterocycles. The number of nitrogen functional groups attached to an aromatic ring is 1. The summed E-state index contributed by atoms with van der Waals surface area (Å²) in [7, 11) is 1.63. The van der Waals surface area contributed by atoms with Crippen LogP contribution in [0, 0.1) is 5.92 Å². The molecule has 106 valence electrons. The zero-order valence-corrected chi connectivity index (χ0v) is 12.0. The van der Waals surface area contributed by atoms with Crippen molar-refractivity contribution >= 4 is 28.2 Å². The summed E-state index contributed by atoms with van der Waals surface area (Å²) < 4.78 is 4.94. The predicted molar refractivity (Wildman–Crippen MR) is 76.5 cm³/mol. The van der Waals surface area contributed by atoms with E-state index >= 15 is 0 Å². The molecule has 1 atom stereocenters. The standard InChI is InChI=1S/C12H20N4O2S/c1-7(8-3-4-8)15-11(17)9-10(13)16-12(19-9)14-5-6-18-2/h7-8H,3-6,13H2,1-2H3,(H,14,16)(H,15,17). The third kappa shape index (κ3) is 3.81. The van der Waals surface area contributed by atoms with Crippen molar-refractivity contribution in [2.24, 2.45) is 5.92 Å². The first-order chi connectivity index (χ1) is 9.11. The molecule has 7 heteroatoms. The first-order valence-corrected chi connectivity index (χ1v) is 7.23. The molecule has 1 fully saturated rings. The van der Waals surface area contributed by atoms with E-state index in [9.17, 15) is 4.79 Å². The highest BCUT2D eigenvalue weighted by Crippen LogP contribution is 2.33. The summed E-state index contributed by atoms with van der Waals surface area (Å²) in [4.78, 5) is 16.7. The number of carbonyl (C=O) groups is 1. The molecule has 2 rings (SSSR count). The van der Waals surface area contributed by atoms with Gasteiger partial charge in [0.05, 0.1) is 6.61 Å². The van der Waals surface area contributed by atoms with E-state index in [1.54, 1.807) is 7.11 Å². The van der Waals surface area contributed by atoms with Gasteiger partial charge in [-0.15, -0.1) is 0 Å². The summed E-state index contributed by atoms with van der Waals surface area (Å²) >= 11 is 1.28. The first kappa shape index (κ1) is 14.1. The molecule has 6 nitrogen and oxygen atoms in total. The van der Waals surface area contributed by atoms with Crippen LogP contribution >= 0.6 is 11.3 Å². The topological polar surface area (TPSA) is 89.3 Å². The Morgan fingerprint density at radius 1 is 1.63 bits per heavy atom. The normalized spacial score (nSPS) is 16.1. The molecule has 1 aliphatic rings. The minimum atomic E-state index is -0.130. The Morgan fingerprint density at radius 2 is 2.37 bits per heavy atom. The number of methoxy groups -OCH3 is 1. The second kappa shape index (κ2) is 6.21. The number of carbonyl (C=O) groups excluding carboxylic acids is 1. The van der Waals surface area contributed by atoms with Crippen molar-refractivity contribution in [3.05, 3.63) is 4.88 Å². The lowest BCUT2D eigenvalue weighted by Crippen LogP contribution is -2.33. The molecule has 0 spiro atoms. The number of rotatable bonds is 7. The number of anilines is 2. The van der Waals surface area contributed by atoms with Gasteiger partial charge in [-0.25, -0.2) is 4.98 Å². The van der Waals surface area contributed by atoms with E-state index in [1.165, 1.54) is 24.2 Å². The Bertz CT molecular complexity index is 445. The molecule has 1 heterocycles. The lowest BCUT2D eigenvalue weighted by Gasteiger charge is -2.11. The summed E-state index contributed by atoms with van der Waals surface area (Å²) in [6.07, 6.45) is 2.40. The van der Waals surface area contributed by atoms with Crippen molar-refractivity contribution < 1.29 is 9.53 Å². The van der Waals surface area contributed by atoms with Crippen molar-refractivity contribution in [3.8, 4) is 0 Å². The van der Waals surface area contributed by atoms with Gasteiger partial charge >= 0.3 is 0 Å². The molecule has 1 saturated carbocycles. The van der Waals surface area contributed by atoms with Gasteiger partial charge in [0.2, 0.25) is 0 Å². The number of thiazole rings is 1. The third-order valence-corrected chi connectivity index (χ3v) is 4.16. The molecule has 4 N–H and O–H groups in total. The molecular formula is C12H20N4O2S. The average Bonchev–Trinajstić information content (AvgIpc) is 3.14. The van der Waals surface area contributed by atoms with Crippen LogP contribution in [-0.4, -0.2) is 37.2 Å². The number of hydrogen-bond donors (Lipinski definition) is 3. The lowest BCUT2D eigenvalue weighted by atomic mass is 10.2. The fourth-order valence-electron chi connectivity index (χ4n) is 1.82. The van der Waals surface area contributed by atoms with Crippen LogP contribution in [-0.2, 0) is 4.74 Å². The number of hydrogen-bond acceptors (Lipinski definition) is 6. The van der Waals surface area contributed by atoms with Gasteiger partial charge in [-0.2, -0.15) is 0 Å². The Hall–Kier alpha value is -1.34. The van der Waals surface area contributed by atoms with Crippen molar-refractivity contribution in [2.75, 3.05) is 31.3 Å². The molecule has 1 aromatic rings. The number of amides is 1. The Morgan fingerprint density at radius 3 is 3.00 bits per heavy atom. The largest absolute Gasteiger partial charge is 0.383 e. The van der Waals surface area contributed by atoms with Gasteiger partial charge in [-0.1, -0.05) is 11.3 Å². The van der Waals surface area contributed by atoms with Crippen molar-refractivity contribution in [2.45, 2.75) is 25.8 Å². The van der Waals surface area contributed by atoms with E-state index in [-0.39, 0.29) is 17.8 Å². The van der Waals surface area contributed by atoms with Crippen molar-refractivity contribution in [1.29, 1.82) is 0 Å². The fraction of sp³-hybridized carbons (Fsp3) is 0.667. The maximum absolute atomic E-state index is 12.1.